The van der Waals surface area contributed by atoms with Crippen LogP contribution in [0.5, 0.6) is 0 Å². The van der Waals surface area contributed by atoms with Gasteiger partial charge in [-0.05, 0) is 0 Å². The van der Waals surface area contributed by atoms with Crippen molar-refractivity contribution in [3.63, 3.8) is 0 Å². The molecule has 0 aliphatic carbocycles. The molecule has 0 aromatic heterocycles. The van der Waals surface area contributed by atoms with Crippen molar-refractivity contribution in [1.29, 1.82) is 0 Å². The van der Waals surface area contributed by atoms with Crippen molar-refractivity contribution < 1.29 is 44.0 Å². The average Bonchev–Trinajstić information content (AvgIpc) is 2.17. The lowest BCUT2D eigenvalue weighted by Gasteiger charge is -2.39. The van der Waals surface area contributed by atoms with Gasteiger partial charge < -0.3 is 34.9 Å². The fraction of sp³-hybridized carbons (Fsp3) is 1.00. The highest BCUT2D eigenvalue weighted by Gasteiger charge is 2.46. The molecule has 0 aromatic rings. The molecule has 0 bridgehead atoms. The summed E-state index contributed by atoms with van der Waals surface area (Å²) < 4.78 is 19.2. The van der Waals surface area contributed by atoms with Crippen molar-refractivity contribution in [1.82, 2.24) is 0 Å². The minimum atomic E-state index is -4.91. The maximum Gasteiger partial charge on any atom is 0.472 e. The van der Waals surface area contributed by atoms with Gasteiger partial charge in [-0.3, -0.25) is 4.52 Å². The largest absolute Gasteiger partial charge is 0.472 e. The third kappa shape index (κ3) is 3.20. The molecule has 0 saturated carbocycles. The van der Waals surface area contributed by atoms with Gasteiger partial charge in [-0.1, -0.05) is 0 Å². The van der Waals surface area contributed by atoms with E-state index in [1.807, 2.05) is 0 Å². The van der Waals surface area contributed by atoms with Crippen molar-refractivity contribution in [3.05, 3.63) is 0 Å². The summed E-state index contributed by atoms with van der Waals surface area (Å²) in [5, 5.41) is 36.6. The molecule has 0 aromatic carbocycles. The van der Waals surface area contributed by atoms with Gasteiger partial charge in [0.15, 0.2) is 6.29 Å². The molecule has 1 heterocycles. The van der Waals surface area contributed by atoms with E-state index in [-0.39, 0.29) is 0 Å². The molecular formula is C6H13O9P. The predicted octanol–water partition coefficient (Wildman–Crippen LogP) is -3.10. The quantitative estimate of drug-likeness (QED) is 0.289. The van der Waals surface area contributed by atoms with E-state index in [1.54, 1.807) is 0 Å². The van der Waals surface area contributed by atoms with E-state index in [0.717, 1.165) is 0 Å². The number of phosphoric ester groups is 1. The summed E-state index contributed by atoms with van der Waals surface area (Å²) in [6.45, 7) is -0.702. The Kier molecular flexibility index (Phi) is 4.41. The van der Waals surface area contributed by atoms with Crippen LogP contribution in [0.4, 0.5) is 0 Å². The summed E-state index contributed by atoms with van der Waals surface area (Å²) in [4.78, 5) is 17.0. The zero-order valence-corrected chi connectivity index (χ0v) is 8.84. The first-order valence-corrected chi connectivity index (χ1v) is 5.83. The standard InChI is InChI=1S/C6H13O9P/c7-1-2-3(8)4(9)5(10)6(14-2)15-16(11,12)13/h2-10H,1H2,(H2,11,12,13)/t2-,3-,4+,5-,6?/m1/s1. The zero-order valence-electron chi connectivity index (χ0n) is 7.95. The molecule has 1 rings (SSSR count). The molecule has 96 valence electrons. The van der Waals surface area contributed by atoms with Crippen molar-refractivity contribution in [2.75, 3.05) is 6.61 Å². The van der Waals surface area contributed by atoms with Crippen LogP contribution in [-0.4, -0.2) is 67.5 Å². The monoisotopic (exact) mass is 260 g/mol. The smallest absolute Gasteiger partial charge is 0.394 e. The van der Waals surface area contributed by atoms with Crippen LogP contribution in [-0.2, 0) is 13.8 Å². The molecule has 1 aliphatic rings. The lowest BCUT2D eigenvalue weighted by Crippen LogP contribution is -2.58. The van der Waals surface area contributed by atoms with Crippen LogP contribution >= 0.6 is 7.82 Å². The van der Waals surface area contributed by atoms with Crippen LogP contribution in [0, 0.1) is 0 Å². The average molecular weight is 260 g/mol. The van der Waals surface area contributed by atoms with Gasteiger partial charge in [0, 0.05) is 0 Å². The fourth-order valence-electron chi connectivity index (χ4n) is 1.29. The molecule has 16 heavy (non-hydrogen) atoms. The highest BCUT2D eigenvalue weighted by atomic mass is 31.2. The van der Waals surface area contributed by atoms with Gasteiger partial charge in [-0.2, -0.15) is 0 Å². The first-order valence-electron chi connectivity index (χ1n) is 4.30. The van der Waals surface area contributed by atoms with Crippen molar-refractivity contribution >= 4 is 7.82 Å². The van der Waals surface area contributed by atoms with Gasteiger partial charge in [-0.25, -0.2) is 4.57 Å². The van der Waals surface area contributed by atoms with Crippen LogP contribution in [0.15, 0.2) is 0 Å². The minimum absolute atomic E-state index is 0.702. The molecule has 1 aliphatic heterocycles. The maximum atomic E-state index is 10.5. The summed E-state index contributed by atoms with van der Waals surface area (Å²) in [7, 11) is -4.91. The summed E-state index contributed by atoms with van der Waals surface area (Å²) >= 11 is 0. The van der Waals surface area contributed by atoms with E-state index < -0.39 is 45.1 Å². The summed E-state index contributed by atoms with van der Waals surface area (Å²) in [5.41, 5.74) is 0. The van der Waals surface area contributed by atoms with Crippen LogP contribution in [0.2, 0.25) is 0 Å². The molecule has 1 fully saturated rings. The number of hydrogen-bond donors (Lipinski definition) is 6. The van der Waals surface area contributed by atoms with Crippen molar-refractivity contribution in [3.8, 4) is 0 Å². The van der Waals surface area contributed by atoms with Gasteiger partial charge in [0.05, 0.1) is 6.61 Å². The number of rotatable bonds is 3. The summed E-state index contributed by atoms with van der Waals surface area (Å²) in [6.07, 6.45) is -8.25. The number of aliphatic hydroxyl groups is 4. The van der Waals surface area contributed by atoms with Crippen LogP contribution in [0.25, 0.3) is 0 Å². The Hall–Kier alpha value is -0.0900. The lowest BCUT2D eigenvalue weighted by atomic mass is 10.00. The Bertz CT molecular complexity index is 275. The van der Waals surface area contributed by atoms with Crippen molar-refractivity contribution in [2.24, 2.45) is 0 Å². The number of ether oxygens (including phenoxy) is 1. The van der Waals surface area contributed by atoms with Gasteiger partial charge in [0.1, 0.15) is 24.4 Å². The number of aliphatic hydroxyl groups excluding tert-OH is 4. The van der Waals surface area contributed by atoms with E-state index in [4.69, 9.17) is 14.9 Å². The van der Waals surface area contributed by atoms with E-state index in [2.05, 4.69) is 9.26 Å². The minimum Gasteiger partial charge on any atom is -0.394 e. The Morgan fingerprint density at radius 2 is 1.69 bits per heavy atom. The van der Waals surface area contributed by atoms with Gasteiger partial charge in [0.25, 0.3) is 0 Å². The molecule has 6 N–H and O–H groups in total. The Morgan fingerprint density at radius 1 is 1.12 bits per heavy atom. The predicted molar refractivity (Wildman–Crippen MR) is 46.9 cm³/mol. The van der Waals surface area contributed by atoms with E-state index in [9.17, 15) is 19.9 Å². The topological polar surface area (TPSA) is 157 Å². The Morgan fingerprint density at radius 3 is 2.12 bits per heavy atom. The van der Waals surface area contributed by atoms with Gasteiger partial charge in [-0.15, -0.1) is 0 Å². The number of hydrogen-bond acceptors (Lipinski definition) is 7. The normalized spacial score (nSPS) is 41.0. The lowest BCUT2D eigenvalue weighted by molar-refractivity contribution is -0.280. The SMILES string of the molecule is O=P(O)(O)OC1O[C@H](CO)[C@@H](O)[C@H](O)[C@H]1O. The van der Waals surface area contributed by atoms with Crippen LogP contribution < -0.4 is 0 Å². The Labute approximate surface area is 90.1 Å². The zero-order chi connectivity index (χ0) is 12.5. The maximum absolute atomic E-state index is 10.5. The molecule has 1 saturated heterocycles. The third-order valence-electron chi connectivity index (χ3n) is 2.09. The van der Waals surface area contributed by atoms with E-state index >= 15 is 0 Å². The van der Waals surface area contributed by atoms with Gasteiger partial charge in [0.2, 0.25) is 0 Å². The molecule has 5 atom stereocenters. The second-order valence-electron chi connectivity index (χ2n) is 3.29. The molecule has 9 nitrogen and oxygen atoms in total. The second-order valence-corrected chi connectivity index (χ2v) is 4.49. The molecule has 10 heteroatoms. The summed E-state index contributed by atoms with van der Waals surface area (Å²) in [6, 6.07) is 0. The molecule has 1 unspecified atom stereocenters. The number of phosphoric acid groups is 1. The highest BCUT2D eigenvalue weighted by molar-refractivity contribution is 7.46. The first kappa shape index (κ1) is 14.0. The van der Waals surface area contributed by atoms with Crippen molar-refractivity contribution in [2.45, 2.75) is 30.7 Å². The highest BCUT2D eigenvalue weighted by Crippen LogP contribution is 2.40. The Balaban J connectivity index is 2.75. The molecule has 0 amide bonds. The van der Waals surface area contributed by atoms with E-state index in [0.29, 0.717) is 0 Å². The van der Waals surface area contributed by atoms with Crippen LogP contribution in [0.3, 0.4) is 0 Å². The van der Waals surface area contributed by atoms with E-state index in [1.165, 1.54) is 0 Å². The second kappa shape index (κ2) is 5.05. The molecule has 0 radical (unpaired) electrons. The first-order chi connectivity index (χ1) is 7.26. The molecular weight excluding hydrogens is 247 g/mol. The fourth-order valence-corrected chi connectivity index (χ4v) is 1.73. The van der Waals surface area contributed by atoms with Gasteiger partial charge >= 0.3 is 7.82 Å². The van der Waals surface area contributed by atoms with Crippen LogP contribution in [0.1, 0.15) is 0 Å². The third-order valence-corrected chi connectivity index (χ3v) is 2.57. The summed E-state index contributed by atoms with van der Waals surface area (Å²) in [5.74, 6) is 0. The molecule has 0 spiro atoms.